The van der Waals surface area contributed by atoms with Crippen molar-refractivity contribution in [3.8, 4) is 0 Å². The molecule has 0 saturated carbocycles. The fourth-order valence-electron chi connectivity index (χ4n) is 1.28. The van der Waals surface area contributed by atoms with Gasteiger partial charge in [0.1, 0.15) is 5.01 Å². The first kappa shape index (κ1) is 14.4. The molecule has 1 unspecified atom stereocenters. The average molecular weight is 271 g/mol. The van der Waals surface area contributed by atoms with E-state index in [9.17, 15) is 9.59 Å². The molecule has 100 valence electrons. The fraction of sp³-hybridized carbons (Fsp3) is 0.545. The smallest absolute Gasteiger partial charge is 0.315 e. The van der Waals surface area contributed by atoms with E-state index in [-0.39, 0.29) is 25.0 Å². The molecular formula is C11H17N3O3S. The highest BCUT2D eigenvalue weighted by atomic mass is 32.1. The number of rotatable bonds is 6. The molecule has 1 atom stereocenters. The lowest BCUT2D eigenvalue weighted by Crippen LogP contribution is -2.38. The van der Waals surface area contributed by atoms with Crippen LogP contribution in [0.4, 0.5) is 4.79 Å². The molecule has 6 nitrogen and oxygen atoms in total. The maximum Gasteiger partial charge on any atom is 0.315 e. The van der Waals surface area contributed by atoms with Gasteiger partial charge in [0, 0.05) is 17.6 Å². The summed E-state index contributed by atoms with van der Waals surface area (Å²) in [4.78, 5) is 27.1. The van der Waals surface area contributed by atoms with Crippen molar-refractivity contribution in [1.82, 2.24) is 15.6 Å². The van der Waals surface area contributed by atoms with E-state index in [2.05, 4.69) is 15.6 Å². The van der Waals surface area contributed by atoms with Crippen LogP contribution in [-0.2, 0) is 11.2 Å². The van der Waals surface area contributed by atoms with Crippen LogP contribution in [0, 0.1) is 0 Å². The second-order valence-electron chi connectivity index (χ2n) is 3.78. The summed E-state index contributed by atoms with van der Waals surface area (Å²) in [6.07, 6.45) is 2.65. The maximum atomic E-state index is 11.4. The number of hydrogen-bond acceptors (Lipinski definition) is 4. The van der Waals surface area contributed by atoms with Crippen molar-refractivity contribution >= 4 is 23.3 Å². The molecule has 2 amide bonds. The number of urea groups is 1. The Morgan fingerprint density at radius 3 is 2.83 bits per heavy atom. The quantitative estimate of drug-likeness (QED) is 0.732. The van der Waals surface area contributed by atoms with Crippen molar-refractivity contribution < 1.29 is 14.7 Å². The van der Waals surface area contributed by atoms with Crippen LogP contribution in [0.2, 0.25) is 0 Å². The molecule has 18 heavy (non-hydrogen) atoms. The Morgan fingerprint density at radius 2 is 2.28 bits per heavy atom. The second-order valence-corrected chi connectivity index (χ2v) is 4.93. The number of aryl methyl sites for hydroxylation is 1. The summed E-state index contributed by atoms with van der Waals surface area (Å²) < 4.78 is 0. The van der Waals surface area contributed by atoms with Gasteiger partial charge in [-0.1, -0.05) is 6.92 Å². The summed E-state index contributed by atoms with van der Waals surface area (Å²) in [5.41, 5.74) is 0. The summed E-state index contributed by atoms with van der Waals surface area (Å²) in [6, 6.07) is -0.558. The zero-order chi connectivity index (χ0) is 13.5. The van der Waals surface area contributed by atoms with Gasteiger partial charge in [0.25, 0.3) is 0 Å². The SMILES string of the molecule is CCc1cnc(C(C)NC(=O)NCCC(=O)O)s1. The van der Waals surface area contributed by atoms with Gasteiger partial charge in [-0.05, 0) is 13.3 Å². The molecule has 0 radical (unpaired) electrons. The van der Waals surface area contributed by atoms with E-state index in [0.717, 1.165) is 11.4 Å². The van der Waals surface area contributed by atoms with Crippen molar-refractivity contribution in [2.24, 2.45) is 0 Å². The van der Waals surface area contributed by atoms with Gasteiger partial charge in [-0.15, -0.1) is 11.3 Å². The first-order valence-corrected chi connectivity index (χ1v) is 6.55. The molecule has 1 heterocycles. The predicted octanol–water partition coefficient (Wildman–Crippen LogP) is 1.54. The van der Waals surface area contributed by atoms with E-state index in [0.29, 0.717) is 0 Å². The number of carbonyl (C=O) groups is 2. The van der Waals surface area contributed by atoms with Crippen molar-refractivity contribution in [3.05, 3.63) is 16.1 Å². The zero-order valence-corrected chi connectivity index (χ0v) is 11.2. The number of amides is 2. The largest absolute Gasteiger partial charge is 0.481 e. The molecule has 7 heteroatoms. The monoisotopic (exact) mass is 271 g/mol. The third-order valence-corrected chi connectivity index (χ3v) is 3.59. The number of carboxylic acid groups (broad SMARTS) is 1. The van der Waals surface area contributed by atoms with Crippen LogP contribution < -0.4 is 10.6 Å². The third-order valence-electron chi connectivity index (χ3n) is 2.26. The Balaban J connectivity index is 2.37. The highest BCUT2D eigenvalue weighted by Crippen LogP contribution is 2.19. The molecule has 0 aliphatic carbocycles. The van der Waals surface area contributed by atoms with E-state index in [1.807, 2.05) is 13.8 Å². The van der Waals surface area contributed by atoms with Gasteiger partial charge in [0.05, 0.1) is 12.5 Å². The van der Waals surface area contributed by atoms with Crippen LogP contribution in [0.25, 0.3) is 0 Å². The number of nitrogens with one attached hydrogen (secondary N) is 2. The Morgan fingerprint density at radius 1 is 1.56 bits per heavy atom. The number of carboxylic acids is 1. The molecule has 0 bridgehead atoms. The van der Waals surface area contributed by atoms with Gasteiger partial charge in [-0.2, -0.15) is 0 Å². The molecule has 0 aromatic carbocycles. The lowest BCUT2D eigenvalue weighted by atomic mass is 10.3. The van der Waals surface area contributed by atoms with Crippen LogP contribution in [0.15, 0.2) is 6.20 Å². The van der Waals surface area contributed by atoms with E-state index >= 15 is 0 Å². The van der Waals surface area contributed by atoms with E-state index in [1.165, 1.54) is 4.88 Å². The highest BCUT2D eigenvalue weighted by molar-refractivity contribution is 7.11. The molecule has 0 aliphatic rings. The van der Waals surface area contributed by atoms with Crippen LogP contribution in [0.5, 0.6) is 0 Å². The van der Waals surface area contributed by atoms with Gasteiger partial charge in [0.15, 0.2) is 0 Å². The van der Waals surface area contributed by atoms with Crippen molar-refractivity contribution in [2.75, 3.05) is 6.54 Å². The summed E-state index contributed by atoms with van der Waals surface area (Å²) in [7, 11) is 0. The Labute approximate surface area is 109 Å². The van der Waals surface area contributed by atoms with Crippen LogP contribution in [-0.4, -0.2) is 28.6 Å². The average Bonchev–Trinajstić information content (AvgIpc) is 2.76. The minimum atomic E-state index is -0.934. The first-order chi connectivity index (χ1) is 8.52. The number of nitrogens with zero attached hydrogens (tertiary/aromatic N) is 1. The highest BCUT2D eigenvalue weighted by Gasteiger charge is 2.12. The minimum Gasteiger partial charge on any atom is -0.481 e. The molecule has 1 rings (SSSR count). The number of carbonyl (C=O) groups excluding carboxylic acids is 1. The fourth-order valence-corrected chi connectivity index (χ4v) is 2.14. The lowest BCUT2D eigenvalue weighted by molar-refractivity contribution is -0.136. The number of aliphatic carboxylic acids is 1. The molecule has 3 N–H and O–H groups in total. The maximum absolute atomic E-state index is 11.4. The van der Waals surface area contributed by atoms with Crippen molar-refractivity contribution in [2.45, 2.75) is 32.7 Å². The summed E-state index contributed by atoms with van der Waals surface area (Å²) in [5.74, 6) is -0.934. The van der Waals surface area contributed by atoms with Gasteiger partial charge in [0.2, 0.25) is 0 Å². The predicted molar refractivity (Wildman–Crippen MR) is 68.7 cm³/mol. The number of thiazole rings is 1. The second kappa shape index (κ2) is 6.95. The van der Waals surface area contributed by atoms with Gasteiger partial charge in [-0.3, -0.25) is 4.79 Å². The van der Waals surface area contributed by atoms with Crippen LogP contribution >= 0.6 is 11.3 Å². The normalized spacial score (nSPS) is 11.9. The zero-order valence-electron chi connectivity index (χ0n) is 10.4. The third kappa shape index (κ3) is 4.70. The lowest BCUT2D eigenvalue weighted by Gasteiger charge is -2.11. The van der Waals surface area contributed by atoms with E-state index < -0.39 is 5.97 Å². The summed E-state index contributed by atoms with van der Waals surface area (Å²) in [5, 5.41) is 14.5. The molecule has 0 saturated heterocycles. The number of aromatic nitrogens is 1. The standard InChI is InChI=1S/C11H17N3O3S/c1-3-8-6-13-10(18-8)7(2)14-11(17)12-5-4-9(15)16/h6-7H,3-5H2,1-2H3,(H,15,16)(H2,12,14,17). The van der Waals surface area contributed by atoms with E-state index in [4.69, 9.17) is 5.11 Å². The minimum absolute atomic E-state index is 0.0843. The van der Waals surface area contributed by atoms with E-state index in [1.54, 1.807) is 17.5 Å². The molecular weight excluding hydrogens is 254 g/mol. The Bertz CT molecular complexity index is 419. The topological polar surface area (TPSA) is 91.3 Å². The molecule has 1 aromatic rings. The summed E-state index contributed by atoms with van der Waals surface area (Å²) >= 11 is 1.56. The van der Waals surface area contributed by atoms with Crippen molar-refractivity contribution in [1.29, 1.82) is 0 Å². The first-order valence-electron chi connectivity index (χ1n) is 5.73. The molecule has 1 aromatic heterocycles. The van der Waals surface area contributed by atoms with Gasteiger partial charge < -0.3 is 15.7 Å². The molecule has 0 fully saturated rings. The number of hydrogen-bond donors (Lipinski definition) is 3. The van der Waals surface area contributed by atoms with Gasteiger partial charge in [-0.25, -0.2) is 9.78 Å². The Kier molecular flexibility index (Phi) is 5.57. The van der Waals surface area contributed by atoms with Crippen LogP contribution in [0.1, 0.15) is 36.2 Å². The summed E-state index contributed by atoms with van der Waals surface area (Å²) in [6.45, 7) is 4.01. The van der Waals surface area contributed by atoms with Gasteiger partial charge >= 0.3 is 12.0 Å². The molecule has 0 aliphatic heterocycles. The van der Waals surface area contributed by atoms with Crippen LogP contribution in [0.3, 0.4) is 0 Å². The van der Waals surface area contributed by atoms with Crippen molar-refractivity contribution in [3.63, 3.8) is 0 Å². The Hall–Kier alpha value is -1.63. The molecule has 0 spiro atoms.